The highest BCUT2D eigenvalue weighted by atomic mass is 127. The van der Waals surface area contributed by atoms with Gasteiger partial charge in [-0.05, 0) is 19.8 Å². The summed E-state index contributed by atoms with van der Waals surface area (Å²) >= 11 is 0.990. The third-order valence-electron chi connectivity index (χ3n) is 3.93. The van der Waals surface area contributed by atoms with Crippen LogP contribution in [0.5, 0.6) is 0 Å². The first-order valence-corrected chi connectivity index (χ1v) is 9.28. The van der Waals surface area contributed by atoms with Crippen LogP contribution in [0.2, 0.25) is 0 Å². The number of hydrogen-bond acceptors (Lipinski definition) is 4. The Balaban J connectivity index is 0.00000364. The lowest BCUT2D eigenvalue weighted by Gasteiger charge is -2.32. The highest BCUT2D eigenvalue weighted by Crippen LogP contribution is 2.30. The van der Waals surface area contributed by atoms with Gasteiger partial charge in [0, 0.05) is 44.0 Å². The molecule has 154 valence electrons. The molecule has 7 nitrogen and oxygen atoms in total. The van der Waals surface area contributed by atoms with Crippen LogP contribution < -0.4 is 16.4 Å². The summed E-state index contributed by atoms with van der Waals surface area (Å²) in [5.41, 5.74) is 4.41. The lowest BCUT2D eigenvalue weighted by molar-refractivity contribution is -0.140. The summed E-state index contributed by atoms with van der Waals surface area (Å²) in [6.45, 7) is 4.11. The summed E-state index contributed by atoms with van der Waals surface area (Å²) in [4.78, 5) is 20.7. The zero-order valence-corrected chi connectivity index (χ0v) is 18.0. The molecule has 0 radical (unpaired) electrons. The van der Waals surface area contributed by atoms with E-state index in [-0.39, 0.29) is 30.0 Å². The predicted octanol–water partition coefficient (Wildman–Crippen LogP) is 2.42. The monoisotopic (exact) mass is 520 g/mol. The van der Waals surface area contributed by atoms with Crippen LogP contribution in [0, 0.1) is 0 Å². The molecule has 0 aromatic carbocycles. The number of thiazole rings is 1. The first-order valence-electron chi connectivity index (χ1n) is 8.40. The minimum atomic E-state index is -4.41. The van der Waals surface area contributed by atoms with E-state index in [1.54, 1.807) is 4.90 Å². The molecule has 1 aliphatic heterocycles. The number of primary amides is 1. The number of likely N-dealkylation sites (tertiary alicyclic amines) is 1. The Hall–Kier alpha value is -1.31. The predicted molar refractivity (Wildman–Crippen MR) is 110 cm³/mol. The highest BCUT2D eigenvalue weighted by molar-refractivity contribution is 14.0. The second kappa shape index (κ2) is 10.9. The molecule has 1 aromatic heterocycles. The van der Waals surface area contributed by atoms with Gasteiger partial charge in [0.05, 0.1) is 5.01 Å². The lowest BCUT2D eigenvalue weighted by Crippen LogP contribution is -2.50. The van der Waals surface area contributed by atoms with Crippen molar-refractivity contribution in [3.8, 4) is 0 Å². The van der Waals surface area contributed by atoms with Gasteiger partial charge in [-0.3, -0.25) is 4.99 Å². The summed E-state index contributed by atoms with van der Waals surface area (Å²) in [5.74, 6) is 0.609. The average molecular weight is 520 g/mol. The number of aromatic nitrogens is 1. The maximum atomic E-state index is 12.6. The summed E-state index contributed by atoms with van der Waals surface area (Å²) in [5, 5.41) is 7.84. The van der Waals surface area contributed by atoms with E-state index in [2.05, 4.69) is 20.6 Å². The number of guanidine groups is 1. The van der Waals surface area contributed by atoms with Gasteiger partial charge >= 0.3 is 12.2 Å². The molecular formula is C15H24F3IN6OS. The molecule has 1 aromatic rings. The van der Waals surface area contributed by atoms with Gasteiger partial charge in [0.2, 0.25) is 0 Å². The van der Waals surface area contributed by atoms with Crippen LogP contribution in [-0.2, 0) is 12.6 Å². The van der Waals surface area contributed by atoms with Gasteiger partial charge < -0.3 is 21.3 Å². The number of halogens is 4. The highest BCUT2D eigenvalue weighted by Gasteiger charge is 2.33. The number of urea groups is 1. The van der Waals surface area contributed by atoms with Gasteiger partial charge in [0.15, 0.2) is 11.7 Å². The van der Waals surface area contributed by atoms with Crippen molar-refractivity contribution in [2.75, 3.05) is 26.2 Å². The van der Waals surface area contributed by atoms with E-state index in [9.17, 15) is 18.0 Å². The number of rotatable bonds is 5. The van der Waals surface area contributed by atoms with Crippen molar-refractivity contribution < 1.29 is 18.0 Å². The number of carbonyl (C=O) groups is 1. The maximum Gasteiger partial charge on any atom is 0.434 e. The smallest absolute Gasteiger partial charge is 0.357 e. The Bertz CT molecular complexity index is 631. The summed E-state index contributed by atoms with van der Waals surface area (Å²) in [7, 11) is 0. The summed E-state index contributed by atoms with van der Waals surface area (Å²) < 4.78 is 37.7. The number of amides is 2. The Kier molecular flexibility index (Phi) is 9.56. The van der Waals surface area contributed by atoms with E-state index >= 15 is 0 Å². The molecule has 4 N–H and O–H groups in total. The Labute approximate surface area is 177 Å². The largest absolute Gasteiger partial charge is 0.434 e. The third kappa shape index (κ3) is 7.68. The van der Waals surface area contributed by atoms with E-state index in [0.717, 1.165) is 29.6 Å². The molecule has 12 heteroatoms. The Morgan fingerprint density at radius 3 is 2.63 bits per heavy atom. The molecule has 2 amide bonds. The molecule has 0 spiro atoms. The van der Waals surface area contributed by atoms with Gasteiger partial charge in [0.1, 0.15) is 0 Å². The number of nitrogens with one attached hydrogen (secondary N) is 2. The SMILES string of the molecule is CCNC(=NCCc1nc(C(F)(F)F)cs1)NC1CCN(C(N)=O)CC1.I. The number of carbonyl (C=O) groups excluding carboxylic acids is 1. The second-order valence-corrected chi connectivity index (χ2v) is 6.82. The zero-order chi connectivity index (χ0) is 19.2. The molecule has 2 heterocycles. The van der Waals surface area contributed by atoms with E-state index in [1.165, 1.54) is 0 Å². The first-order chi connectivity index (χ1) is 12.3. The molecule has 1 fully saturated rings. The maximum absolute atomic E-state index is 12.6. The van der Waals surface area contributed by atoms with Gasteiger partial charge in [0.25, 0.3) is 0 Å². The standard InChI is InChI=1S/C15H23F3N6OS.HI/c1-2-20-14(22-10-4-7-24(8-5-10)13(19)25)21-6-3-12-23-11(9-26-12)15(16,17)18;/h9-10H,2-8H2,1H3,(H2,19,25)(H2,20,21,22);1H. The van der Waals surface area contributed by atoms with Crippen molar-refractivity contribution in [3.05, 3.63) is 16.1 Å². The topological polar surface area (TPSA) is 95.6 Å². The quantitative estimate of drug-likeness (QED) is 0.316. The van der Waals surface area contributed by atoms with Crippen molar-refractivity contribution in [1.29, 1.82) is 0 Å². The number of hydrogen-bond donors (Lipinski definition) is 3. The van der Waals surface area contributed by atoms with Crippen LogP contribution in [0.1, 0.15) is 30.5 Å². The molecular weight excluding hydrogens is 496 g/mol. The fraction of sp³-hybridized carbons (Fsp3) is 0.667. The normalized spacial score (nSPS) is 16.0. The Morgan fingerprint density at radius 2 is 2.11 bits per heavy atom. The summed E-state index contributed by atoms with van der Waals surface area (Å²) in [6.07, 6.45) is -2.55. The Morgan fingerprint density at radius 1 is 1.44 bits per heavy atom. The van der Waals surface area contributed by atoms with Gasteiger partial charge in [-0.25, -0.2) is 9.78 Å². The molecule has 0 bridgehead atoms. The van der Waals surface area contributed by atoms with Crippen molar-refractivity contribution in [2.24, 2.45) is 10.7 Å². The van der Waals surface area contributed by atoms with E-state index in [1.807, 2.05) is 6.92 Å². The number of aliphatic imine (C=N–C) groups is 1. The van der Waals surface area contributed by atoms with Crippen molar-refractivity contribution in [2.45, 2.75) is 38.4 Å². The number of alkyl halides is 3. The fourth-order valence-corrected chi connectivity index (χ4v) is 3.37. The fourth-order valence-electron chi connectivity index (χ4n) is 2.58. The van der Waals surface area contributed by atoms with Crippen LogP contribution in [0.4, 0.5) is 18.0 Å². The molecule has 0 saturated carbocycles. The van der Waals surface area contributed by atoms with Crippen molar-refractivity contribution >= 4 is 47.3 Å². The van der Waals surface area contributed by atoms with Crippen LogP contribution in [0.3, 0.4) is 0 Å². The lowest BCUT2D eigenvalue weighted by atomic mass is 10.1. The molecule has 1 aliphatic rings. The number of nitrogens with zero attached hydrogens (tertiary/aromatic N) is 3. The summed E-state index contributed by atoms with van der Waals surface area (Å²) in [6, 6.07) is -0.245. The third-order valence-corrected chi connectivity index (χ3v) is 4.84. The minimum Gasteiger partial charge on any atom is -0.357 e. The molecule has 2 rings (SSSR count). The van der Waals surface area contributed by atoms with Crippen molar-refractivity contribution in [3.63, 3.8) is 0 Å². The second-order valence-electron chi connectivity index (χ2n) is 5.88. The van der Waals surface area contributed by atoms with Crippen LogP contribution >= 0.6 is 35.3 Å². The number of piperidine rings is 1. The minimum absolute atomic E-state index is 0. The van der Waals surface area contributed by atoms with Crippen LogP contribution in [0.15, 0.2) is 10.4 Å². The van der Waals surface area contributed by atoms with E-state index < -0.39 is 17.9 Å². The molecule has 0 atom stereocenters. The number of nitrogens with two attached hydrogens (primary N) is 1. The molecule has 0 aliphatic carbocycles. The molecule has 27 heavy (non-hydrogen) atoms. The van der Waals surface area contributed by atoms with Crippen molar-refractivity contribution in [1.82, 2.24) is 20.5 Å². The van der Waals surface area contributed by atoms with Gasteiger partial charge in [-0.15, -0.1) is 35.3 Å². The first kappa shape index (κ1) is 23.7. The molecule has 1 saturated heterocycles. The van der Waals surface area contributed by atoms with E-state index in [4.69, 9.17) is 5.73 Å². The van der Waals surface area contributed by atoms with Crippen LogP contribution in [0.25, 0.3) is 0 Å². The van der Waals surface area contributed by atoms with Crippen LogP contribution in [-0.4, -0.2) is 54.1 Å². The van der Waals surface area contributed by atoms with Gasteiger partial charge in [-0.2, -0.15) is 13.2 Å². The average Bonchev–Trinajstić information content (AvgIpc) is 3.05. The van der Waals surface area contributed by atoms with Gasteiger partial charge in [-0.1, -0.05) is 0 Å². The zero-order valence-electron chi connectivity index (χ0n) is 14.9. The van der Waals surface area contributed by atoms with E-state index in [0.29, 0.717) is 43.6 Å². The molecule has 0 unspecified atom stereocenters.